The molecule has 1 heterocycles. The summed E-state index contributed by atoms with van der Waals surface area (Å²) in [5.74, 6) is -0.997. The molecule has 5 rings (SSSR count). The fourth-order valence-corrected chi connectivity index (χ4v) is 5.12. The molecule has 29 heavy (non-hydrogen) atoms. The molecule has 0 bridgehead atoms. The number of amides is 2. The average Bonchev–Trinajstić information content (AvgIpc) is 3.39. The lowest BCUT2D eigenvalue weighted by Gasteiger charge is -2.26. The zero-order valence-electron chi connectivity index (χ0n) is 15.4. The lowest BCUT2D eigenvalue weighted by atomic mass is 9.83. The summed E-state index contributed by atoms with van der Waals surface area (Å²) >= 11 is 12.1. The van der Waals surface area contributed by atoms with Gasteiger partial charge in [0.1, 0.15) is 0 Å². The lowest BCUT2D eigenvalue weighted by Crippen LogP contribution is -2.38. The van der Waals surface area contributed by atoms with Gasteiger partial charge in [0.15, 0.2) is 0 Å². The Balaban J connectivity index is 1.51. The predicted molar refractivity (Wildman–Crippen MR) is 113 cm³/mol. The molecule has 144 valence electrons. The molecule has 3 aromatic rings. The highest BCUT2D eigenvalue weighted by Crippen LogP contribution is 2.68. The number of hydrogen-bond acceptors (Lipinski definition) is 2. The van der Waals surface area contributed by atoms with E-state index in [-0.39, 0.29) is 30.2 Å². The quantitative estimate of drug-likeness (QED) is 0.549. The number of nitrogens with zero attached hydrogens (tertiary/aromatic N) is 1. The summed E-state index contributed by atoms with van der Waals surface area (Å²) in [5, 5.41) is 0.862. The van der Waals surface area contributed by atoms with Gasteiger partial charge in [0.25, 0.3) is 0 Å². The number of piperidine rings is 1. The zero-order valence-corrected chi connectivity index (χ0v) is 16.9. The van der Waals surface area contributed by atoms with E-state index >= 15 is 0 Å². The first-order valence-corrected chi connectivity index (χ1v) is 10.2. The third-order valence-corrected chi connectivity index (χ3v) is 6.84. The summed E-state index contributed by atoms with van der Waals surface area (Å²) in [6.07, 6.45) is 0. The normalized spacial score (nSPS) is 21.9. The van der Waals surface area contributed by atoms with Crippen LogP contribution in [0.4, 0.5) is 0 Å². The molecule has 0 aromatic heterocycles. The maximum atomic E-state index is 13.3. The second-order valence-corrected chi connectivity index (χ2v) is 8.38. The summed E-state index contributed by atoms with van der Waals surface area (Å²) in [7, 11) is 0. The number of halogens is 2. The van der Waals surface area contributed by atoms with Gasteiger partial charge in [0.05, 0.1) is 28.4 Å². The third kappa shape index (κ3) is 2.65. The summed E-state index contributed by atoms with van der Waals surface area (Å²) in [6.45, 7) is 0.210. The minimum absolute atomic E-state index is 0.126. The first-order chi connectivity index (χ1) is 14.0. The van der Waals surface area contributed by atoms with Crippen LogP contribution in [0.2, 0.25) is 10.0 Å². The lowest BCUT2D eigenvalue weighted by molar-refractivity contribution is -0.142. The van der Waals surface area contributed by atoms with E-state index in [2.05, 4.69) is 0 Å². The number of hydrogen-bond donors (Lipinski definition) is 0. The Morgan fingerprint density at radius 3 is 1.72 bits per heavy atom. The molecule has 1 saturated carbocycles. The minimum atomic E-state index is -0.579. The summed E-state index contributed by atoms with van der Waals surface area (Å²) in [6, 6.07) is 24.9. The van der Waals surface area contributed by atoms with Crippen LogP contribution in [-0.2, 0) is 21.5 Å². The van der Waals surface area contributed by atoms with E-state index in [1.54, 1.807) is 18.2 Å². The molecule has 2 atom stereocenters. The molecule has 1 aliphatic heterocycles. The molecular weight excluding hydrogens is 405 g/mol. The van der Waals surface area contributed by atoms with Crippen molar-refractivity contribution in [3.05, 3.63) is 106 Å². The van der Waals surface area contributed by atoms with Crippen LogP contribution >= 0.6 is 23.2 Å². The number of benzene rings is 3. The third-order valence-electron chi connectivity index (χ3n) is 6.10. The molecule has 5 heteroatoms. The van der Waals surface area contributed by atoms with Gasteiger partial charge in [-0.05, 0) is 28.8 Å². The van der Waals surface area contributed by atoms with Crippen molar-refractivity contribution < 1.29 is 9.59 Å². The van der Waals surface area contributed by atoms with Gasteiger partial charge in [-0.1, -0.05) is 89.9 Å². The molecule has 1 saturated heterocycles. The van der Waals surface area contributed by atoms with Gasteiger partial charge in [0.2, 0.25) is 11.8 Å². The number of rotatable bonds is 4. The summed E-state index contributed by atoms with van der Waals surface area (Å²) < 4.78 is 0. The highest BCUT2D eigenvalue weighted by Gasteiger charge is 2.78. The fraction of sp³-hybridized carbons (Fsp3) is 0.167. The van der Waals surface area contributed by atoms with Crippen LogP contribution in [0.1, 0.15) is 16.7 Å². The van der Waals surface area contributed by atoms with E-state index in [9.17, 15) is 9.59 Å². The van der Waals surface area contributed by atoms with E-state index in [4.69, 9.17) is 23.2 Å². The van der Waals surface area contributed by atoms with E-state index in [0.717, 1.165) is 16.7 Å². The van der Waals surface area contributed by atoms with Crippen molar-refractivity contribution in [3.63, 3.8) is 0 Å². The number of likely N-dealkylation sites (tertiary alicyclic amines) is 1. The van der Waals surface area contributed by atoms with Crippen molar-refractivity contribution in [2.45, 2.75) is 12.0 Å². The number of carbonyl (C=O) groups is 2. The molecule has 1 aliphatic carbocycles. The maximum absolute atomic E-state index is 13.3. The first-order valence-electron chi connectivity index (χ1n) is 9.45. The summed E-state index contributed by atoms with van der Waals surface area (Å²) in [5.41, 5.74) is 2.23. The molecular formula is C24H17Cl2NO2. The van der Waals surface area contributed by atoms with E-state index in [1.165, 1.54) is 4.90 Å². The van der Waals surface area contributed by atoms with Crippen LogP contribution in [0, 0.1) is 11.8 Å². The van der Waals surface area contributed by atoms with Crippen molar-refractivity contribution in [1.82, 2.24) is 4.90 Å². The molecule has 2 amide bonds. The van der Waals surface area contributed by atoms with Gasteiger partial charge in [-0.3, -0.25) is 14.5 Å². The molecule has 0 radical (unpaired) electrons. The van der Waals surface area contributed by atoms with E-state index in [0.29, 0.717) is 10.0 Å². The van der Waals surface area contributed by atoms with Crippen LogP contribution in [0.3, 0.4) is 0 Å². The number of imide groups is 1. The standard InChI is InChI=1S/C24H17Cl2NO2/c25-18-12-11-15(13-19(18)26)14-27-22(28)20-21(23(27)29)24(20,16-7-3-1-4-8-16)17-9-5-2-6-10-17/h1-13,20-21H,14H2. The Hall–Kier alpha value is -2.62. The highest BCUT2D eigenvalue weighted by molar-refractivity contribution is 6.42. The zero-order chi connectivity index (χ0) is 20.2. The van der Waals surface area contributed by atoms with E-state index < -0.39 is 5.41 Å². The van der Waals surface area contributed by atoms with Gasteiger partial charge >= 0.3 is 0 Å². The van der Waals surface area contributed by atoms with Gasteiger partial charge in [-0.2, -0.15) is 0 Å². The van der Waals surface area contributed by atoms with E-state index in [1.807, 2.05) is 60.7 Å². The molecule has 2 fully saturated rings. The fourth-order valence-electron chi connectivity index (χ4n) is 4.80. The summed E-state index contributed by atoms with van der Waals surface area (Å²) in [4.78, 5) is 28.0. The van der Waals surface area contributed by atoms with Gasteiger partial charge in [-0.15, -0.1) is 0 Å². The molecule has 0 spiro atoms. The van der Waals surface area contributed by atoms with Crippen molar-refractivity contribution in [2.75, 3.05) is 0 Å². The first kappa shape index (κ1) is 18.4. The van der Waals surface area contributed by atoms with Crippen LogP contribution in [0.25, 0.3) is 0 Å². The number of carbonyl (C=O) groups excluding carboxylic acids is 2. The Morgan fingerprint density at radius 2 is 1.24 bits per heavy atom. The van der Waals surface area contributed by atoms with Crippen LogP contribution in [0.5, 0.6) is 0 Å². The Morgan fingerprint density at radius 1 is 0.724 bits per heavy atom. The van der Waals surface area contributed by atoms with Crippen LogP contribution in [-0.4, -0.2) is 16.7 Å². The minimum Gasteiger partial charge on any atom is -0.278 e. The molecule has 0 N–H and O–H groups in total. The van der Waals surface area contributed by atoms with Crippen LogP contribution < -0.4 is 0 Å². The topological polar surface area (TPSA) is 37.4 Å². The number of fused-ring (bicyclic) bond motifs is 1. The molecule has 2 aliphatic rings. The monoisotopic (exact) mass is 421 g/mol. The highest BCUT2D eigenvalue weighted by atomic mass is 35.5. The maximum Gasteiger partial charge on any atom is 0.234 e. The second-order valence-electron chi connectivity index (χ2n) is 7.57. The van der Waals surface area contributed by atoms with Crippen molar-refractivity contribution in [3.8, 4) is 0 Å². The Bertz CT molecular complexity index is 1050. The SMILES string of the molecule is O=C1C2C(C(=O)N1Cc1ccc(Cl)c(Cl)c1)C2(c1ccccc1)c1ccccc1. The molecule has 2 unspecified atom stereocenters. The van der Waals surface area contributed by atoms with Crippen molar-refractivity contribution in [1.29, 1.82) is 0 Å². The Kier molecular flexibility index (Phi) is 4.27. The van der Waals surface area contributed by atoms with Gasteiger partial charge in [-0.25, -0.2) is 0 Å². The van der Waals surface area contributed by atoms with Gasteiger partial charge in [0, 0.05) is 5.41 Å². The molecule has 3 aromatic carbocycles. The smallest absolute Gasteiger partial charge is 0.234 e. The second kappa shape index (κ2) is 6.72. The predicted octanol–water partition coefficient (Wildman–Crippen LogP) is 5.09. The Labute approximate surface area is 178 Å². The average molecular weight is 422 g/mol. The van der Waals surface area contributed by atoms with Crippen molar-refractivity contribution >= 4 is 35.0 Å². The molecule has 3 nitrogen and oxygen atoms in total. The van der Waals surface area contributed by atoms with Crippen LogP contribution in [0.15, 0.2) is 78.9 Å². The van der Waals surface area contributed by atoms with Crippen molar-refractivity contribution in [2.24, 2.45) is 11.8 Å². The van der Waals surface area contributed by atoms with Gasteiger partial charge < -0.3 is 0 Å². The largest absolute Gasteiger partial charge is 0.278 e.